The number of rotatable bonds is 8. The zero-order valence-electron chi connectivity index (χ0n) is 17.0. The lowest BCUT2D eigenvalue weighted by Gasteiger charge is -2.29. The van der Waals surface area contributed by atoms with Gasteiger partial charge in [0.15, 0.2) is 11.6 Å². The first kappa shape index (κ1) is 22.4. The summed E-state index contributed by atoms with van der Waals surface area (Å²) in [5.41, 5.74) is 1.31. The summed E-state index contributed by atoms with van der Waals surface area (Å²) in [6.07, 6.45) is 3.40. The summed E-state index contributed by atoms with van der Waals surface area (Å²) in [4.78, 5) is 0. The minimum Gasteiger partial charge on any atom is -0.486 e. The Kier molecular flexibility index (Phi) is 7.56. The normalized spacial score (nSPS) is 20.0. The third kappa shape index (κ3) is 5.24. The Balaban J connectivity index is 1.55. The lowest BCUT2D eigenvalue weighted by Crippen LogP contribution is -2.21. The predicted molar refractivity (Wildman–Crippen MR) is 109 cm³/mol. The largest absolute Gasteiger partial charge is 0.486 e. The van der Waals surface area contributed by atoms with Crippen LogP contribution >= 0.6 is 0 Å². The van der Waals surface area contributed by atoms with Gasteiger partial charge < -0.3 is 14.6 Å². The molecule has 0 heterocycles. The van der Waals surface area contributed by atoms with Crippen molar-refractivity contribution < 1.29 is 27.8 Å². The molecule has 1 N–H and O–H groups in total. The van der Waals surface area contributed by atoms with E-state index in [0.717, 1.165) is 0 Å². The molecule has 1 saturated carbocycles. The van der Waals surface area contributed by atoms with Crippen LogP contribution in [0.1, 0.15) is 61.3 Å². The molecule has 0 radical (unpaired) electrons. The van der Waals surface area contributed by atoms with Crippen LogP contribution < -0.4 is 4.74 Å². The maximum Gasteiger partial charge on any atom is 0.200 e. The Hall–Kier alpha value is -2.31. The van der Waals surface area contributed by atoms with Crippen molar-refractivity contribution in [3.8, 4) is 5.75 Å². The maximum atomic E-state index is 14.5. The van der Waals surface area contributed by atoms with E-state index < -0.39 is 23.6 Å². The highest BCUT2D eigenvalue weighted by atomic mass is 19.2. The van der Waals surface area contributed by atoms with E-state index in [-0.39, 0.29) is 31.0 Å². The average Bonchev–Trinajstić information content (AvgIpc) is 2.74. The molecule has 0 amide bonds. The van der Waals surface area contributed by atoms with E-state index in [1.165, 1.54) is 18.2 Å². The summed E-state index contributed by atoms with van der Waals surface area (Å²) in [6.45, 7) is 5.33. The van der Waals surface area contributed by atoms with Gasteiger partial charge in [-0.05, 0) is 61.8 Å². The molecule has 1 atom stereocenters. The number of aliphatic hydroxyl groups is 1. The van der Waals surface area contributed by atoms with Crippen molar-refractivity contribution in [2.24, 2.45) is 0 Å². The number of ether oxygens (including phenoxy) is 2. The van der Waals surface area contributed by atoms with Gasteiger partial charge in [-0.15, -0.1) is 0 Å². The third-order valence-corrected chi connectivity index (χ3v) is 5.58. The molecule has 2 aromatic rings. The Bertz CT molecular complexity index is 874. The molecule has 2 aromatic carbocycles. The van der Waals surface area contributed by atoms with Gasteiger partial charge >= 0.3 is 0 Å². The van der Waals surface area contributed by atoms with Crippen LogP contribution in [0.25, 0.3) is 0 Å². The van der Waals surface area contributed by atoms with Crippen molar-refractivity contribution >= 4 is 0 Å². The van der Waals surface area contributed by atoms with E-state index in [0.29, 0.717) is 42.4 Å². The lowest BCUT2D eigenvalue weighted by atomic mass is 9.82. The van der Waals surface area contributed by atoms with E-state index in [1.54, 1.807) is 25.1 Å². The summed E-state index contributed by atoms with van der Waals surface area (Å²) < 4.78 is 53.9. The van der Waals surface area contributed by atoms with Crippen LogP contribution in [0.15, 0.2) is 43.0 Å². The number of aliphatic hydroxyl groups excluding tert-OH is 1. The molecule has 1 unspecified atom stereocenters. The molecule has 6 heteroatoms. The van der Waals surface area contributed by atoms with Crippen LogP contribution in [0.3, 0.4) is 0 Å². The van der Waals surface area contributed by atoms with Gasteiger partial charge in [0.2, 0.25) is 5.82 Å². The Labute approximate surface area is 175 Å². The smallest absolute Gasteiger partial charge is 0.200 e. The van der Waals surface area contributed by atoms with Crippen molar-refractivity contribution in [1.82, 2.24) is 0 Å². The molecule has 3 rings (SSSR count). The molecule has 3 nitrogen and oxygen atoms in total. The van der Waals surface area contributed by atoms with E-state index in [9.17, 15) is 18.3 Å². The molecule has 1 aliphatic carbocycles. The van der Waals surface area contributed by atoms with Gasteiger partial charge in [-0.1, -0.05) is 30.9 Å². The minimum atomic E-state index is -0.969. The summed E-state index contributed by atoms with van der Waals surface area (Å²) >= 11 is 0. The van der Waals surface area contributed by atoms with Crippen LogP contribution in [0.2, 0.25) is 0 Å². The summed E-state index contributed by atoms with van der Waals surface area (Å²) in [6, 6.07) is 7.67. The molecule has 162 valence electrons. The fourth-order valence-electron chi connectivity index (χ4n) is 3.81. The van der Waals surface area contributed by atoms with Gasteiger partial charge in [0, 0.05) is 5.56 Å². The molecule has 30 heavy (non-hydrogen) atoms. The SMILES string of the molecule is C=CCOc1ccc(C2CCC(OCc3ccc(C(C)O)cc3F)CC2)c(F)c1F. The fourth-order valence-corrected chi connectivity index (χ4v) is 3.81. The molecular formula is C24H27F3O3. The standard InChI is InChI=1S/C24H27F3O3/c1-3-12-29-22-11-10-20(23(26)24(22)27)16-6-8-19(9-7-16)30-14-18-5-4-17(15(2)28)13-21(18)25/h3-5,10-11,13,15-16,19,28H,1,6-9,12,14H2,2H3. The Morgan fingerprint density at radius 3 is 2.47 bits per heavy atom. The molecular weight excluding hydrogens is 393 g/mol. The van der Waals surface area contributed by atoms with Gasteiger partial charge in [-0.25, -0.2) is 8.78 Å². The van der Waals surface area contributed by atoms with Crippen molar-refractivity contribution in [3.63, 3.8) is 0 Å². The van der Waals surface area contributed by atoms with Crippen molar-refractivity contribution in [2.75, 3.05) is 6.61 Å². The second-order valence-electron chi connectivity index (χ2n) is 7.69. The zero-order valence-corrected chi connectivity index (χ0v) is 17.0. The predicted octanol–water partition coefficient (Wildman–Crippen LogP) is 5.97. The zero-order chi connectivity index (χ0) is 21.7. The average molecular weight is 420 g/mol. The minimum absolute atomic E-state index is 0.0554. The van der Waals surface area contributed by atoms with Crippen LogP contribution in [-0.2, 0) is 11.3 Å². The molecule has 0 saturated heterocycles. The lowest BCUT2D eigenvalue weighted by molar-refractivity contribution is 0.0118. The Morgan fingerprint density at radius 2 is 1.83 bits per heavy atom. The van der Waals surface area contributed by atoms with Crippen LogP contribution in [0.5, 0.6) is 5.75 Å². The topological polar surface area (TPSA) is 38.7 Å². The second kappa shape index (κ2) is 10.1. The van der Waals surface area contributed by atoms with Gasteiger partial charge in [-0.3, -0.25) is 0 Å². The molecule has 1 aliphatic rings. The first-order valence-electron chi connectivity index (χ1n) is 10.2. The van der Waals surface area contributed by atoms with Gasteiger partial charge in [0.1, 0.15) is 12.4 Å². The molecule has 0 bridgehead atoms. The van der Waals surface area contributed by atoms with E-state index in [4.69, 9.17) is 9.47 Å². The van der Waals surface area contributed by atoms with Crippen LogP contribution in [0, 0.1) is 17.5 Å². The monoisotopic (exact) mass is 420 g/mol. The van der Waals surface area contributed by atoms with E-state index in [1.807, 2.05) is 0 Å². The maximum absolute atomic E-state index is 14.5. The molecule has 0 aliphatic heterocycles. The first-order valence-corrected chi connectivity index (χ1v) is 10.2. The first-order chi connectivity index (χ1) is 14.4. The summed E-state index contributed by atoms with van der Waals surface area (Å²) in [5, 5.41) is 9.52. The molecule has 0 aromatic heterocycles. The van der Waals surface area contributed by atoms with Gasteiger partial charge in [-0.2, -0.15) is 4.39 Å². The number of benzene rings is 2. The highest BCUT2D eigenvalue weighted by Crippen LogP contribution is 2.37. The quantitative estimate of drug-likeness (QED) is 0.535. The molecule has 0 spiro atoms. The van der Waals surface area contributed by atoms with Crippen LogP contribution in [0.4, 0.5) is 13.2 Å². The second-order valence-corrected chi connectivity index (χ2v) is 7.69. The molecule has 1 fully saturated rings. The third-order valence-electron chi connectivity index (χ3n) is 5.58. The van der Waals surface area contributed by atoms with Crippen molar-refractivity contribution in [2.45, 2.75) is 57.3 Å². The Morgan fingerprint density at radius 1 is 1.10 bits per heavy atom. The number of hydrogen-bond acceptors (Lipinski definition) is 3. The highest BCUT2D eigenvalue weighted by molar-refractivity contribution is 5.33. The number of hydrogen-bond donors (Lipinski definition) is 1. The van der Waals surface area contributed by atoms with Crippen molar-refractivity contribution in [1.29, 1.82) is 0 Å². The fraction of sp³-hybridized carbons (Fsp3) is 0.417. The van der Waals surface area contributed by atoms with Crippen LogP contribution in [-0.4, -0.2) is 17.8 Å². The summed E-state index contributed by atoms with van der Waals surface area (Å²) in [7, 11) is 0. The summed E-state index contributed by atoms with van der Waals surface area (Å²) in [5.74, 6) is -2.44. The van der Waals surface area contributed by atoms with E-state index in [2.05, 4.69) is 6.58 Å². The van der Waals surface area contributed by atoms with Crippen molar-refractivity contribution in [3.05, 3.63) is 77.1 Å². The van der Waals surface area contributed by atoms with Gasteiger partial charge in [0.05, 0.1) is 18.8 Å². The van der Waals surface area contributed by atoms with Gasteiger partial charge in [0.25, 0.3) is 0 Å². The highest BCUT2D eigenvalue weighted by Gasteiger charge is 2.27. The number of halogens is 3. The van der Waals surface area contributed by atoms with E-state index >= 15 is 0 Å².